The molecule has 0 saturated heterocycles. The average Bonchev–Trinajstić information content (AvgIpc) is 1.37. The zero-order valence-electron chi connectivity index (χ0n) is 3.41. The Bertz CT molecular complexity index is 5.61. The molecule has 0 fully saturated rings. The summed E-state index contributed by atoms with van der Waals surface area (Å²) in [5.41, 5.74) is 0. The maximum atomic E-state index is 3.54. The Labute approximate surface area is 59.2 Å². The molecule has 0 amide bonds. The van der Waals surface area contributed by atoms with Crippen LogP contribution in [0.25, 0.3) is 0 Å². The summed E-state index contributed by atoms with van der Waals surface area (Å²) in [5, 5.41) is 0. The summed E-state index contributed by atoms with van der Waals surface area (Å²) in [6, 6.07) is 0. The van der Waals surface area contributed by atoms with Gasteiger partial charge in [0.05, 0.1) is 0 Å². The van der Waals surface area contributed by atoms with Crippen molar-refractivity contribution in [1.29, 1.82) is 0 Å². The first-order chi connectivity index (χ1) is 1.91. The fraction of sp³-hybridized carbons (Fsp3) is 0.500. The molecule has 0 rings (SSSR count). The molecule has 2 radical (unpaired) electrons. The van der Waals surface area contributed by atoms with Crippen molar-refractivity contribution in [1.82, 2.24) is 0 Å². The molecule has 1 heteroatoms. The molecular weight excluding hydrogens is 137 g/mol. The van der Waals surface area contributed by atoms with E-state index in [1.807, 2.05) is 0 Å². The van der Waals surface area contributed by atoms with Gasteiger partial charge in [-0.1, -0.05) is 13.3 Å². The van der Waals surface area contributed by atoms with Gasteiger partial charge in [-0.15, -0.1) is 0 Å². The van der Waals surface area contributed by atoms with E-state index in [1.165, 1.54) is 0 Å². The fourth-order valence-electron chi connectivity index (χ4n) is 0. The van der Waals surface area contributed by atoms with Crippen LogP contribution in [0.3, 0.4) is 0 Å². The van der Waals surface area contributed by atoms with Crippen LogP contribution >= 0.6 is 0 Å². The van der Waals surface area contributed by atoms with Gasteiger partial charge >= 0.3 is 0 Å². The molecule has 5 heavy (non-hydrogen) atoms. The zero-order valence-corrected chi connectivity index (χ0v) is 6.24. The van der Waals surface area contributed by atoms with Gasteiger partial charge in [0, 0.05) is 32.7 Å². The van der Waals surface area contributed by atoms with Gasteiger partial charge in [0.15, 0.2) is 0 Å². The Morgan fingerprint density at radius 1 is 1.60 bits per heavy atom. The number of hydrogen-bond acceptors (Lipinski definition) is 0. The van der Waals surface area contributed by atoms with E-state index in [0.717, 1.165) is 12.8 Å². The van der Waals surface area contributed by atoms with E-state index in [1.54, 1.807) is 0 Å². The van der Waals surface area contributed by atoms with E-state index in [2.05, 4.69) is 13.8 Å². The van der Waals surface area contributed by atoms with E-state index in [0.29, 0.717) is 0 Å². The minimum atomic E-state index is 0. The van der Waals surface area contributed by atoms with Gasteiger partial charge in [0.1, 0.15) is 0 Å². The predicted octanol–water partition coefficient (Wildman–Crippen LogP) is 1.43. The van der Waals surface area contributed by atoms with Gasteiger partial charge in [-0.25, -0.2) is 0 Å². The molecule has 0 aliphatic rings. The van der Waals surface area contributed by atoms with Crippen molar-refractivity contribution in [3.8, 4) is 0 Å². The molecule has 0 atom stereocenters. The second-order valence-corrected chi connectivity index (χ2v) is 0.707. The Hall–Kier alpha value is 1.10. The molecular formula is C4H8Y-. The maximum absolute atomic E-state index is 3.54. The number of hydrogen-bond donors (Lipinski definition) is 0. The summed E-state index contributed by atoms with van der Waals surface area (Å²) in [6.07, 6.45) is 1.92. The third-order valence-corrected chi connectivity index (χ3v) is 0.250. The first kappa shape index (κ1) is 9.44. The van der Waals surface area contributed by atoms with E-state index < -0.39 is 0 Å². The summed E-state index contributed by atoms with van der Waals surface area (Å²) in [5.74, 6) is 0. The Balaban J connectivity index is 0. The average molecular weight is 145 g/mol. The van der Waals surface area contributed by atoms with Crippen LogP contribution < -0.4 is 0 Å². The standard InChI is InChI=1S/C4H8.Y/c1-3-4-2;/h1-4H2;/q-1;. The summed E-state index contributed by atoms with van der Waals surface area (Å²) in [4.78, 5) is 0. The molecule has 0 aliphatic carbocycles. The van der Waals surface area contributed by atoms with Crippen LogP contribution in [0.15, 0.2) is 0 Å². The summed E-state index contributed by atoms with van der Waals surface area (Å²) >= 11 is 0. The molecule has 0 aromatic heterocycles. The van der Waals surface area contributed by atoms with E-state index in [-0.39, 0.29) is 32.7 Å². The van der Waals surface area contributed by atoms with Crippen LogP contribution in [0, 0.1) is 13.8 Å². The van der Waals surface area contributed by atoms with Crippen LogP contribution in [-0.4, -0.2) is 0 Å². The molecule has 0 nitrogen and oxygen atoms in total. The third-order valence-electron chi connectivity index (χ3n) is 0.250. The number of unbranched alkanes of at least 4 members (excludes halogenated alkanes) is 1. The maximum Gasteiger partial charge on any atom is 0 e. The Morgan fingerprint density at radius 2 is 1.80 bits per heavy atom. The van der Waals surface area contributed by atoms with Crippen molar-refractivity contribution in [2.75, 3.05) is 0 Å². The smallest absolute Gasteiger partial charge is 0 e. The van der Waals surface area contributed by atoms with Crippen molar-refractivity contribution in [3.63, 3.8) is 0 Å². The molecule has 0 unspecified atom stereocenters. The van der Waals surface area contributed by atoms with Crippen LogP contribution in [-0.2, 0) is 32.7 Å². The van der Waals surface area contributed by atoms with Gasteiger partial charge in [0.2, 0.25) is 0 Å². The third kappa shape index (κ3) is 11.1. The quantitative estimate of drug-likeness (QED) is 0.489. The van der Waals surface area contributed by atoms with Crippen LogP contribution in [0.1, 0.15) is 12.8 Å². The van der Waals surface area contributed by atoms with Crippen LogP contribution in [0.5, 0.6) is 0 Å². The van der Waals surface area contributed by atoms with Gasteiger partial charge in [0.25, 0.3) is 0 Å². The van der Waals surface area contributed by atoms with Crippen molar-refractivity contribution in [3.05, 3.63) is 13.8 Å². The Morgan fingerprint density at radius 3 is 1.80 bits per heavy atom. The fourth-order valence-corrected chi connectivity index (χ4v) is 0. The van der Waals surface area contributed by atoms with Gasteiger partial charge in [-0.05, 0) is 0 Å². The minimum absolute atomic E-state index is 0. The number of rotatable bonds is 1. The van der Waals surface area contributed by atoms with E-state index >= 15 is 0 Å². The summed E-state index contributed by atoms with van der Waals surface area (Å²) in [7, 11) is 0. The van der Waals surface area contributed by atoms with Gasteiger partial charge < -0.3 is 6.92 Å². The van der Waals surface area contributed by atoms with Crippen molar-refractivity contribution in [2.24, 2.45) is 0 Å². The zero-order chi connectivity index (χ0) is 3.41. The van der Waals surface area contributed by atoms with Crippen molar-refractivity contribution >= 4 is 0 Å². The molecule has 0 spiro atoms. The first-order valence-corrected chi connectivity index (χ1v) is 1.50. The SMILES string of the molecule is [CH2]CC[CH2-].[Y]. The van der Waals surface area contributed by atoms with Crippen LogP contribution in [0.2, 0.25) is 0 Å². The Kier molecular flexibility index (Phi) is 16.8. The first-order valence-electron chi connectivity index (χ1n) is 1.50. The van der Waals surface area contributed by atoms with Crippen LogP contribution in [0.4, 0.5) is 0 Å². The van der Waals surface area contributed by atoms with E-state index in [4.69, 9.17) is 0 Å². The predicted molar refractivity (Wildman–Crippen MR) is 19.9 cm³/mol. The largest absolute Gasteiger partial charge is 0.343 e. The molecule has 0 bridgehead atoms. The van der Waals surface area contributed by atoms with Gasteiger partial charge in [-0.2, -0.15) is 6.42 Å². The second kappa shape index (κ2) is 8.92. The summed E-state index contributed by atoms with van der Waals surface area (Å²) in [6.45, 7) is 7.08. The molecule has 28 valence electrons. The molecule has 0 N–H and O–H groups in total. The summed E-state index contributed by atoms with van der Waals surface area (Å²) < 4.78 is 0. The molecule has 0 saturated carbocycles. The van der Waals surface area contributed by atoms with E-state index in [9.17, 15) is 0 Å². The second-order valence-electron chi connectivity index (χ2n) is 0.707. The minimum Gasteiger partial charge on any atom is -0.343 e. The molecule has 0 aromatic carbocycles. The molecule has 0 aliphatic heterocycles. The molecule has 0 aromatic rings. The van der Waals surface area contributed by atoms with Gasteiger partial charge in [-0.3, -0.25) is 0 Å². The van der Waals surface area contributed by atoms with Crippen molar-refractivity contribution in [2.45, 2.75) is 12.8 Å². The van der Waals surface area contributed by atoms with Crippen molar-refractivity contribution < 1.29 is 32.7 Å². The molecule has 0 heterocycles. The monoisotopic (exact) mass is 145 g/mol. The normalized spacial score (nSPS) is 6.00. The topological polar surface area (TPSA) is 0 Å².